The highest BCUT2D eigenvalue weighted by Crippen LogP contribution is 2.25. The number of para-hydroxylation sites is 1. The van der Waals surface area contributed by atoms with Crippen LogP contribution in [0.15, 0.2) is 29.2 Å². The van der Waals surface area contributed by atoms with Crippen LogP contribution in [-0.4, -0.2) is 42.7 Å². The topological polar surface area (TPSA) is 58.4 Å². The van der Waals surface area contributed by atoms with E-state index in [1.807, 2.05) is 30.5 Å². The fourth-order valence-corrected chi connectivity index (χ4v) is 3.35. The van der Waals surface area contributed by atoms with E-state index >= 15 is 0 Å². The summed E-state index contributed by atoms with van der Waals surface area (Å²) < 4.78 is 0. The average molecular weight is 307 g/mol. The third kappa shape index (κ3) is 4.46. The van der Waals surface area contributed by atoms with Crippen molar-refractivity contribution in [2.24, 2.45) is 11.7 Å². The SMILES string of the molecule is CSc1ccccc1NC(=O)CN1CC(CN)CCC1C. The number of anilines is 1. The van der Waals surface area contributed by atoms with Crippen LogP contribution in [0, 0.1) is 5.92 Å². The van der Waals surface area contributed by atoms with Crippen molar-refractivity contribution in [1.29, 1.82) is 0 Å². The molecule has 1 amide bonds. The summed E-state index contributed by atoms with van der Waals surface area (Å²) in [5.41, 5.74) is 6.67. The molecule has 2 atom stereocenters. The lowest BCUT2D eigenvalue weighted by molar-refractivity contribution is -0.118. The molecule has 1 aliphatic heterocycles. The van der Waals surface area contributed by atoms with Gasteiger partial charge in [-0.05, 0) is 50.6 Å². The number of rotatable bonds is 5. The van der Waals surface area contributed by atoms with Gasteiger partial charge >= 0.3 is 0 Å². The van der Waals surface area contributed by atoms with Gasteiger partial charge in [-0.1, -0.05) is 12.1 Å². The summed E-state index contributed by atoms with van der Waals surface area (Å²) in [6, 6.07) is 8.36. The Labute approximate surface area is 131 Å². The average Bonchev–Trinajstić information content (AvgIpc) is 2.50. The number of nitrogens with zero attached hydrogens (tertiary/aromatic N) is 1. The number of nitrogens with one attached hydrogen (secondary N) is 1. The highest BCUT2D eigenvalue weighted by atomic mass is 32.2. The lowest BCUT2D eigenvalue weighted by Gasteiger charge is -2.37. The molecular formula is C16H25N3OS. The molecule has 0 aromatic heterocycles. The number of carbonyl (C=O) groups is 1. The number of hydrogen-bond donors (Lipinski definition) is 2. The molecule has 1 aromatic rings. The first-order valence-electron chi connectivity index (χ1n) is 7.51. The van der Waals surface area contributed by atoms with Crippen LogP contribution in [0.4, 0.5) is 5.69 Å². The van der Waals surface area contributed by atoms with Crippen molar-refractivity contribution in [3.8, 4) is 0 Å². The van der Waals surface area contributed by atoms with Crippen LogP contribution in [0.25, 0.3) is 0 Å². The zero-order valence-corrected chi connectivity index (χ0v) is 13.7. The molecule has 1 saturated heterocycles. The van der Waals surface area contributed by atoms with E-state index in [9.17, 15) is 4.79 Å². The van der Waals surface area contributed by atoms with E-state index in [1.165, 1.54) is 6.42 Å². The van der Waals surface area contributed by atoms with Crippen LogP contribution in [0.1, 0.15) is 19.8 Å². The highest BCUT2D eigenvalue weighted by Gasteiger charge is 2.26. The van der Waals surface area contributed by atoms with Gasteiger partial charge in [0.1, 0.15) is 0 Å². The van der Waals surface area contributed by atoms with Crippen molar-refractivity contribution in [3.63, 3.8) is 0 Å². The van der Waals surface area contributed by atoms with E-state index in [4.69, 9.17) is 5.73 Å². The number of amides is 1. The molecule has 0 bridgehead atoms. The van der Waals surface area contributed by atoms with E-state index in [-0.39, 0.29) is 5.91 Å². The Balaban J connectivity index is 1.94. The van der Waals surface area contributed by atoms with Crippen LogP contribution in [0.3, 0.4) is 0 Å². The fraction of sp³-hybridized carbons (Fsp3) is 0.562. The van der Waals surface area contributed by atoms with E-state index < -0.39 is 0 Å². The van der Waals surface area contributed by atoms with Crippen molar-refractivity contribution < 1.29 is 4.79 Å². The third-order valence-corrected chi connectivity index (χ3v) is 4.97. The van der Waals surface area contributed by atoms with Gasteiger partial charge in [-0.2, -0.15) is 0 Å². The standard InChI is InChI=1S/C16H25N3OS/c1-12-7-8-13(9-17)10-19(12)11-16(20)18-14-5-3-4-6-15(14)21-2/h3-6,12-13H,7-11,17H2,1-2H3,(H,18,20). The second-order valence-electron chi connectivity index (χ2n) is 5.71. The molecule has 1 fully saturated rings. The largest absolute Gasteiger partial charge is 0.330 e. The highest BCUT2D eigenvalue weighted by molar-refractivity contribution is 7.98. The van der Waals surface area contributed by atoms with Crippen molar-refractivity contribution in [3.05, 3.63) is 24.3 Å². The van der Waals surface area contributed by atoms with E-state index in [0.29, 0.717) is 25.0 Å². The van der Waals surface area contributed by atoms with Gasteiger partial charge in [0, 0.05) is 17.5 Å². The number of piperidine rings is 1. The molecule has 116 valence electrons. The van der Waals surface area contributed by atoms with Crippen LogP contribution >= 0.6 is 11.8 Å². The molecule has 5 heteroatoms. The normalized spacial score (nSPS) is 23.0. The van der Waals surface area contributed by atoms with E-state index in [0.717, 1.165) is 23.5 Å². The van der Waals surface area contributed by atoms with Gasteiger partial charge in [0.2, 0.25) is 5.91 Å². The molecule has 2 unspecified atom stereocenters. The van der Waals surface area contributed by atoms with Gasteiger partial charge < -0.3 is 11.1 Å². The number of carbonyl (C=O) groups excluding carboxylic acids is 1. The molecule has 0 saturated carbocycles. The zero-order valence-electron chi connectivity index (χ0n) is 12.8. The molecule has 2 rings (SSSR count). The number of likely N-dealkylation sites (tertiary alicyclic amines) is 1. The Morgan fingerprint density at radius 3 is 2.90 bits per heavy atom. The second-order valence-corrected chi connectivity index (χ2v) is 6.55. The van der Waals surface area contributed by atoms with Crippen LogP contribution in [0.5, 0.6) is 0 Å². The molecule has 0 radical (unpaired) electrons. The maximum absolute atomic E-state index is 12.3. The summed E-state index contributed by atoms with van der Waals surface area (Å²) in [7, 11) is 0. The van der Waals surface area contributed by atoms with Gasteiger partial charge in [0.25, 0.3) is 0 Å². The molecule has 0 spiro atoms. The Morgan fingerprint density at radius 1 is 1.43 bits per heavy atom. The molecule has 3 N–H and O–H groups in total. The summed E-state index contributed by atoms with van der Waals surface area (Å²) in [6.07, 6.45) is 4.31. The molecule has 4 nitrogen and oxygen atoms in total. The van der Waals surface area contributed by atoms with Gasteiger partial charge in [-0.15, -0.1) is 11.8 Å². The molecule has 1 heterocycles. The first-order valence-corrected chi connectivity index (χ1v) is 8.73. The first kappa shape index (κ1) is 16.3. The van der Waals surface area contributed by atoms with Gasteiger partial charge in [0.05, 0.1) is 12.2 Å². The van der Waals surface area contributed by atoms with Gasteiger partial charge in [-0.25, -0.2) is 0 Å². The molecular weight excluding hydrogens is 282 g/mol. The number of hydrogen-bond acceptors (Lipinski definition) is 4. The summed E-state index contributed by atoms with van der Waals surface area (Å²) in [6.45, 7) is 4.27. The molecule has 21 heavy (non-hydrogen) atoms. The quantitative estimate of drug-likeness (QED) is 0.820. The predicted molar refractivity (Wildman–Crippen MR) is 89.7 cm³/mol. The predicted octanol–water partition coefficient (Wildman–Crippen LogP) is 2.41. The van der Waals surface area contributed by atoms with Crippen LogP contribution < -0.4 is 11.1 Å². The minimum absolute atomic E-state index is 0.0565. The third-order valence-electron chi connectivity index (χ3n) is 4.17. The summed E-state index contributed by atoms with van der Waals surface area (Å²) in [5, 5.41) is 3.03. The summed E-state index contributed by atoms with van der Waals surface area (Å²) in [4.78, 5) is 15.6. The summed E-state index contributed by atoms with van der Waals surface area (Å²) in [5.74, 6) is 0.577. The zero-order chi connectivity index (χ0) is 15.2. The minimum Gasteiger partial charge on any atom is -0.330 e. The van der Waals surface area contributed by atoms with Crippen molar-refractivity contribution in [1.82, 2.24) is 4.90 Å². The minimum atomic E-state index is 0.0565. The maximum Gasteiger partial charge on any atom is 0.238 e. The number of thioether (sulfide) groups is 1. The van der Waals surface area contributed by atoms with E-state index in [1.54, 1.807) is 11.8 Å². The fourth-order valence-electron chi connectivity index (χ4n) is 2.80. The second kappa shape index (κ2) is 7.82. The Hall–Kier alpha value is -1.04. The van der Waals surface area contributed by atoms with E-state index in [2.05, 4.69) is 17.1 Å². The first-order chi connectivity index (χ1) is 10.1. The summed E-state index contributed by atoms with van der Waals surface area (Å²) >= 11 is 1.64. The maximum atomic E-state index is 12.3. The Morgan fingerprint density at radius 2 is 2.19 bits per heavy atom. The van der Waals surface area contributed by atoms with Crippen molar-refractivity contribution in [2.75, 3.05) is 31.2 Å². The van der Waals surface area contributed by atoms with Crippen LogP contribution in [0.2, 0.25) is 0 Å². The monoisotopic (exact) mass is 307 g/mol. The molecule has 1 aliphatic rings. The van der Waals surface area contributed by atoms with Crippen molar-refractivity contribution >= 4 is 23.4 Å². The molecule has 1 aromatic carbocycles. The smallest absolute Gasteiger partial charge is 0.238 e. The Bertz CT molecular complexity index is 480. The molecule has 0 aliphatic carbocycles. The lowest BCUT2D eigenvalue weighted by atomic mass is 9.93. The Kier molecular flexibility index (Phi) is 6.08. The number of benzene rings is 1. The van der Waals surface area contributed by atoms with Crippen LogP contribution in [-0.2, 0) is 4.79 Å². The van der Waals surface area contributed by atoms with Gasteiger partial charge in [-0.3, -0.25) is 9.69 Å². The lowest BCUT2D eigenvalue weighted by Crippen LogP contribution is -2.47. The number of nitrogens with two attached hydrogens (primary N) is 1. The van der Waals surface area contributed by atoms with Gasteiger partial charge in [0.15, 0.2) is 0 Å². The van der Waals surface area contributed by atoms with Crippen molar-refractivity contribution in [2.45, 2.75) is 30.7 Å².